The van der Waals surface area contributed by atoms with Crippen molar-refractivity contribution in [3.05, 3.63) is 43.9 Å². The van der Waals surface area contributed by atoms with Crippen LogP contribution in [0.4, 0.5) is 5.69 Å². The van der Waals surface area contributed by atoms with E-state index in [1.165, 1.54) is 23.1 Å². The summed E-state index contributed by atoms with van der Waals surface area (Å²) < 4.78 is 5.50. The fraction of sp³-hybridized carbons (Fsp3) is 0.286. The molecule has 0 N–H and O–H groups in total. The molecule has 1 aromatic carbocycles. The molecule has 0 bridgehead atoms. The van der Waals surface area contributed by atoms with Gasteiger partial charge in [-0.15, -0.1) is 0 Å². The Morgan fingerprint density at radius 3 is 2.73 bits per heavy atom. The van der Waals surface area contributed by atoms with Crippen molar-refractivity contribution >= 4 is 33.6 Å². The molecule has 7 nitrogen and oxygen atoms in total. The van der Waals surface area contributed by atoms with Gasteiger partial charge < -0.3 is 9.64 Å². The van der Waals surface area contributed by atoms with E-state index in [0.717, 1.165) is 0 Å². The molecule has 1 amide bonds. The first-order valence-electron chi connectivity index (χ1n) is 6.45. The van der Waals surface area contributed by atoms with Gasteiger partial charge in [0.25, 0.3) is 11.6 Å². The highest BCUT2D eigenvalue weighted by Crippen LogP contribution is 2.26. The van der Waals surface area contributed by atoms with Crippen LogP contribution < -0.4 is 0 Å². The van der Waals surface area contributed by atoms with E-state index >= 15 is 0 Å². The first-order chi connectivity index (χ1) is 10.5. The first kappa shape index (κ1) is 16.1. The molecule has 0 spiro atoms. The number of nitriles is 1. The zero-order valence-electron chi connectivity index (χ0n) is 11.5. The number of morpholine rings is 1. The summed E-state index contributed by atoms with van der Waals surface area (Å²) in [5.74, 6) is -0.392. The Labute approximate surface area is 135 Å². The zero-order valence-corrected chi connectivity index (χ0v) is 13.1. The van der Waals surface area contributed by atoms with E-state index in [4.69, 9.17) is 4.74 Å². The van der Waals surface area contributed by atoms with E-state index in [9.17, 15) is 20.2 Å². The van der Waals surface area contributed by atoms with Gasteiger partial charge in [0.2, 0.25) is 0 Å². The number of nitrogens with zero attached hydrogens (tertiary/aromatic N) is 3. The summed E-state index contributed by atoms with van der Waals surface area (Å²) in [5.41, 5.74) is 0.247. The van der Waals surface area contributed by atoms with E-state index in [0.29, 0.717) is 36.3 Å². The Morgan fingerprint density at radius 2 is 2.14 bits per heavy atom. The summed E-state index contributed by atoms with van der Waals surface area (Å²) >= 11 is 3.09. The van der Waals surface area contributed by atoms with Crippen molar-refractivity contribution in [2.24, 2.45) is 0 Å². The van der Waals surface area contributed by atoms with Crippen LogP contribution in [0.5, 0.6) is 0 Å². The van der Waals surface area contributed by atoms with Crippen molar-refractivity contribution in [1.82, 2.24) is 4.90 Å². The molecular weight excluding hydrogens is 354 g/mol. The molecule has 1 aliphatic rings. The van der Waals surface area contributed by atoms with Gasteiger partial charge in [-0.2, -0.15) is 5.26 Å². The van der Waals surface area contributed by atoms with Crippen molar-refractivity contribution < 1.29 is 14.5 Å². The van der Waals surface area contributed by atoms with Crippen LogP contribution in [0.2, 0.25) is 0 Å². The highest BCUT2D eigenvalue weighted by molar-refractivity contribution is 9.10. The number of nitro benzene ring substituents is 1. The largest absolute Gasteiger partial charge is 0.378 e. The van der Waals surface area contributed by atoms with E-state index in [2.05, 4.69) is 15.9 Å². The lowest BCUT2D eigenvalue weighted by molar-refractivity contribution is -0.385. The average molecular weight is 366 g/mol. The third kappa shape index (κ3) is 3.69. The van der Waals surface area contributed by atoms with Gasteiger partial charge in [-0.05, 0) is 33.6 Å². The third-order valence-electron chi connectivity index (χ3n) is 3.13. The molecule has 1 saturated heterocycles. The summed E-state index contributed by atoms with van der Waals surface area (Å²) in [7, 11) is 0. The van der Waals surface area contributed by atoms with Gasteiger partial charge in [-0.25, -0.2) is 0 Å². The molecule has 1 fully saturated rings. The number of halogens is 1. The molecule has 0 aromatic heterocycles. The maximum absolute atomic E-state index is 12.3. The summed E-state index contributed by atoms with van der Waals surface area (Å²) in [6, 6.07) is 6.28. The molecule has 0 unspecified atom stereocenters. The summed E-state index contributed by atoms with van der Waals surface area (Å²) in [6.07, 6.45) is 1.36. The number of ether oxygens (including phenoxy) is 1. The minimum atomic E-state index is -0.530. The van der Waals surface area contributed by atoms with E-state index in [1.54, 1.807) is 6.07 Å². The van der Waals surface area contributed by atoms with Gasteiger partial charge >= 0.3 is 0 Å². The smallest absolute Gasteiger partial charge is 0.284 e. The summed E-state index contributed by atoms with van der Waals surface area (Å²) in [5, 5.41) is 20.1. The Hall–Kier alpha value is -2.24. The first-order valence-corrected chi connectivity index (χ1v) is 7.25. The number of hydrogen-bond acceptors (Lipinski definition) is 5. The standard InChI is InChI=1S/C14H12BrN3O4/c15-12-2-1-10(8-13(12)18(20)21)7-11(9-16)14(19)17-3-5-22-6-4-17/h1-2,7-8H,3-6H2/b11-7+. The fourth-order valence-electron chi connectivity index (χ4n) is 2.00. The van der Waals surface area contributed by atoms with E-state index in [-0.39, 0.29) is 11.3 Å². The second-order valence-electron chi connectivity index (χ2n) is 4.54. The average Bonchev–Trinajstić information content (AvgIpc) is 2.54. The quantitative estimate of drug-likeness (QED) is 0.353. The predicted octanol–water partition coefficient (Wildman–Crippen LogP) is 2.12. The molecular formula is C14H12BrN3O4. The number of rotatable bonds is 3. The Kier molecular flexibility index (Phi) is 5.25. The van der Waals surface area contributed by atoms with Crippen molar-refractivity contribution in [3.63, 3.8) is 0 Å². The lowest BCUT2D eigenvalue weighted by atomic mass is 10.1. The van der Waals surface area contributed by atoms with Crippen LogP contribution in [-0.2, 0) is 9.53 Å². The topological polar surface area (TPSA) is 96.5 Å². The SMILES string of the molecule is N#C/C(=C\c1ccc(Br)c([N+](=O)[O-])c1)C(=O)N1CCOCC1. The number of benzene rings is 1. The lowest BCUT2D eigenvalue weighted by Crippen LogP contribution is -2.41. The number of amides is 1. The molecule has 2 rings (SSSR count). The van der Waals surface area contributed by atoms with Crippen LogP contribution in [0.1, 0.15) is 5.56 Å². The van der Waals surface area contributed by atoms with Gasteiger partial charge in [0.1, 0.15) is 11.6 Å². The van der Waals surface area contributed by atoms with Crippen LogP contribution in [0.15, 0.2) is 28.2 Å². The van der Waals surface area contributed by atoms with Gasteiger partial charge in [-0.3, -0.25) is 14.9 Å². The molecule has 1 heterocycles. The maximum atomic E-state index is 12.3. The molecule has 0 atom stereocenters. The second kappa shape index (κ2) is 7.15. The van der Waals surface area contributed by atoms with Crippen molar-refractivity contribution in [2.45, 2.75) is 0 Å². The van der Waals surface area contributed by atoms with Crippen LogP contribution in [0.3, 0.4) is 0 Å². The van der Waals surface area contributed by atoms with Gasteiger partial charge in [0, 0.05) is 19.2 Å². The predicted molar refractivity (Wildman–Crippen MR) is 81.8 cm³/mol. The number of nitro groups is 1. The monoisotopic (exact) mass is 365 g/mol. The number of carbonyl (C=O) groups excluding carboxylic acids is 1. The van der Waals surface area contributed by atoms with Crippen LogP contribution in [-0.4, -0.2) is 42.0 Å². The third-order valence-corrected chi connectivity index (χ3v) is 3.80. The molecule has 22 heavy (non-hydrogen) atoms. The Morgan fingerprint density at radius 1 is 1.45 bits per heavy atom. The van der Waals surface area contributed by atoms with E-state index < -0.39 is 10.8 Å². The van der Waals surface area contributed by atoms with Gasteiger partial charge in [0.05, 0.1) is 22.6 Å². The Bertz CT molecular complexity index is 675. The zero-order chi connectivity index (χ0) is 16.1. The highest BCUT2D eigenvalue weighted by Gasteiger charge is 2.21. The van der Waals surface area contributed by atoms with Crippen molar-refractivity contribution in [3.8, 4) is 6.07 Å². The Balaban J connectivity index is 2.29. The molecule has 114 valence electrons. The number of carbonyl (C=O) groups is 1. The van der Waals surface area contributed by atoms with Crippen LogP contribution in [0.25, 0.3) is 6.08 Å². The summed E-state index contributed by atoms with van der Waals surface area (Å²) in [6.45, 7) is 1.74. The fourth-order valence-corrected chi connectivity index (χ4v) is 2.40. The maximum Gasteiger partial charge on any atom is 0.284 e. The highest BCUT2D eigenvalue weighted by atomic mass is 79.9. The van der Waals surface area contributed by atoms with Crippen LogP contribution >= 0.6 is 15.9 Å². The molecule has 0 radical (unpaired) electrons. The van der Waals surface area contributed by atoms with Gasteiger partial charge in [0.15, 0.2) is 0 Å². The second-order valence-corrected chi connectivity index (χ2v) is 5.40. The molecule has 8 heteroatoms. The minimum absolute atomic E-state index is 0.0569. The normalized spacial score (nSPS) is 15.3. The lowest BCUT2D eigenvalue weighted by Gasteiger charge is -2.26. The van der Waals surface area contributed by atoms with Crippen molar-refractivity contribution in [1.29, 1.82) is 5.26 Å². The number of hydrogen-bond donors (Lipinski definition) is 0. The summed E-state index contributed by atoms with van der Waals surface area (Å²) in [4.78, 5) is 24.2. The van der Waals surface area contributed by atoms with Crippen LogP contribution in [0, 0.1) is 21.4 Å². The van der Waals surface area contributed by atoms with E-state index in [1.807, 2.05) is 6.07 Å². The van der Waals surface area contributed by atoms with Crippen molar-refractivity contribution in [2.75, 3.05) is 26.3 Å². The molecule has 1 aliphatic heterocycles. The minimum Gasteiger partial charge on any atom is -0.378 e. The van der Waals surface area contributed by atoms with Gasteiger partial charge in [-0.1, -0.05) is 6.07 Å². The molecule has 0 aliphatic carbocycles. The molecule has 1 aromatic rings. The molecule has 0 saturated carbocycles.